The van der Waals surface area contributed by atoms with Crippen LogP contribution in [0.2, 0.25) is 0 Å². The number of hydrogen-bond donors (Lipinski definition) is 3. The van der Waals surface area contributed by atoms with Crippen LogP contribution in [-0.4, -0.2) is 34.4 Å². The molecule has 0 spiro atoms. The van der Waals surface area contributed by atoms with Crippen molar-refractivity contribution in [2.24, 2.45) is 5.73 Å². The number of hydrogen-bond acceptors (Lipinski definition) is 5. The lowest BCUT2D eigenvalue weighted by molar-refractivity contribution is -0.143. The minimum Gasteiger partial charge on any atom is -0.480 e. The zero-order valence-electron chi connectivity index (χ0n) is 18.5. The van der Waals surface area contributed by atoms with E-state index in [0.29, 0.717) is 18.6 Å². The van der Waals surface area contributed by atoms with Crippen LogP contribution in [-0.2, 0) is 20.8 Å². The highest BCUT2D eigenvalue weighted by Crippen LogP contribution is 2.36. The molecule has 0 radical (unpaired) electrons. The summed E-state index contributed by atoms with van der Waals surface area (Å²) in [7, 11) is 0. The molecule has 32 heavy (non-hydrogen) atoms. The van der Waals surface area contributed by atoms with E-state index < -0.39 is 17.6 Å². The molecule has 0 aliphatic heterocycles. The molecule has 170 valence electrons. The second kappa shape index (κ2) is 9.96. The van der Waals surface area contributed by atoms with Crippen molar-refractivity contribution in [1.82, 2.24) is 0 Å². The van der Waals surface area contributed by atoms with Crippen LogP contribution in [0.15, 0.2) is 42.5 Å². The molecule has 0 heterocycles. The van der Waals surface area contributed by atoms with Gasteiger partial charge in [-0.2, -0.15) is 0 Å². The van der Waals surface area contributed by atoms with Gasteiger partial charge in [0, 0.05) is 12.1 Å². The highest BCUT2D eigenvalue weighted by molar-refractivity contribution is 5.93. The lowest BCUT2D eigenvalue weighted by Gasteiger charge is -2.29. The molecule has 0 aromatic heterocycles. The van der Waals surface area contributed by atoms with Crippen molar-refractivity contribution in [2.75, 3.05) is 5.32 Å². The summed E-state index contributed by atoms with van der Waals surface area (Å²) in [5.74, 6) is -1.08. The zero-order chi connectivity index (χ0) is 23.3. The number of carboxylic acids is 1. The summed E-state index contributed by atoms with van der Waals surface area (Å²) in [6, 6.07) is 11.7. The number of carbonyl (C=O) groups is 3. The fourth-order valence-corrected chi connectivity index (χ4v) is 4.20. The van der Waals surface area contributed by atoms with E-state index in [0.717, 1.165) is 35.2 Å². The summed E-state index contributed by atoms with van der Waals surface area (Å²) >= 11 is 0. The van der Waals surface area contributed by atoms with Gasteiger partial charge in [-0.05, 0) is 80.5 Å². The molecule has 2 aromatic carbocycles. The maximum Gasteiger partial charge on any atom is 0.320 e. The monoisotopic (exact) mass is 438 g/mol. The van der Waals surface area contributed by atoms with Crippen LogP contribution in [0.1, 0.15) is 48.8 Å². The first-order valence-electron chi connectivity index (χ1n) is 10.8. The molecule has 2 aromatic rings. The van der Waals surface area contributed by atoms with E-state index in [1.54, 1.807) is 24.3 Å². The number of nitrogens with two attached hydrogens (primary N) is 1. The molecule has 4 N–H and O–H groups in total. The fraction of sp³-hybridized carbons (Fsp3) is 0.400. The van der Waals surface area contributed by atoms with Gasteiger partial charge in [0.1, 0.15) is 11.8 Å². The van der Waals surface area contributed by atoms with Crippen LogP contribution in [0.5, 0.6) is 5.75 Å². The highest BCUT2D eigenvalue weighted by Gasteiger charge is 2.44. The Bertz CT molecular complexity index is 974. The first-order chi connectivity index (χ1) is 15.2. The minimum absolute atomic E-state index is 0.117. The van der Waals surface area contributed by atoms with Gasteiger partial charge in [0.05, 0.1) is 6.42 Å². The molecule has 1 aliphatic rings. The number of rotatable bonds is 9. The maximum absolute atomic E-state index is 12.8. The van der Waals surface area contributed by atoms with E-state index in [-0.39, 0.29) is 24.5 Å². The van der Waals surface area contributed by atoms with Gasteiger partial charge in [0.15, 0.2) is 11.4 Å². The third-order valence-corrected chi connectivity index (χ3v) is 5.75. The molecule has 1 saturated carbocycles. The predicted molar refractivity (Wildman–Crippen MR) is 122 cm³/mol. The smallest absolute Gasteiger partial charge is 0.320 e. The number of aliphatic carboxylic acids is 1. The molecule has 0 bridgehead atoms. The van der Waals surface area contributed by atoms with Crippen LogP contribution in [0, 0.1) is 13.8 Å². The van der Waals surface area contributed by atoms with Gasteiger partial charge >= 0.3 is 5.97 Å². The minimum atomic E-state index is -1.23. The number of benzene rings is 2. The average Bonchev–Trinajstić information content (AvgIpc) is 3.18. The molecule has 1 atom stereocenters. The average molecular weight is 439 g/mol. The summed E-state index contributed by atoms with van der Waals surface area (Å²) < 4.78 is 6.09. The first kappa shape index (κ1) is 23.5. The van der Waals surface area contributed by atoms with Crippen LogP contribution in [0.4, 0.5) is 5.69 Å². The van der Waals surface area contributed by atoms with Crippen LogP contribution in [0.25, 0.3) is 0 Å². The van der Waals surface area contributed by atoms with Crippen LogP contribution in [0.3, 0.4) is 0 Å². The molecule has 1 fully saturated rings. The zero-order valence-corrected chi connectivity index (χ0v) is 18.5. The molecule has 0 saturated heterocycles. The standard InChI is InChI=1S/C25H30N2O5/c1-16-11-17(2)13-19(12-16)27-23(29)14-18-5-7-20(8-6-18)32-25(9-3-4-10-25)22(28)15-21(26)24(30)31/h5-8,11-13,21H,3-4,9-10,14-15,26H2,1-2H3,(H,27,29)(H,30,31)/t21-/m1/s1. The van der Waals surface area contributed by atoms with Crippen molar-refractivity contribution < 1.29 is 24.2 Å². The second-order valence-electron chi connectivity index (χ2n) is 8.62. The summed E-state index contributed by atoms with van der Waals surface area (Å²) in [4.78, 5) is 36.3. The van der Waals surface area contributed by atoms with E-state index in [4.69, 9.17) is 15.6 Å². The number of anilines is 1. The lowest BCUT2D eigenvalue weighted by atomic mass is 9.91. The van der Waals surface area contributed by atoms with Crippen molar-refractivity contribution in [1.29, 1.82) is 0 Å². The number of amides is 1. The van der Waals surface area contributed by atoms with Gasteiger partial charge in [-0.3, -0.25) is 14.4 Å². The topological polar surface area (TPSA) is 119 Å². The molecule has 3 rings (SSSR count). The maximum atomic E-state index is 12.8. The Hall–Kier alpha value is -3.19. The van der Waals surface area contributed by atoms with Crippen LogP contribution >= 0.6 is 0 Å². The van der Waals surface area contributed by atoms with Crippen molar-refractivity contribution in [3.63, 3.8) is 0 Å². The quantitative estimate of drug-likeness (QED) is 0.551. The number of nitrogens with one attached hydrogen (secondary N) is 1. The van der Waals surface area contributed by atoms with Gasteiger partial charge < -0.3 is 20.9 Å². The number of Topliss-reactive ketones (excluding diaryl/α,β-unsaturated/α-hetero) is 1. The number of carboxylic acid groups (broad SMARTS) is 1. The molecular formula is C25H30N2O5. The molecule has 7 heteroatoms. The predicted octanol–water partition coefficient (Wildman–Crippen LogP) is 3.55. The highest BCUT2D eigenvalue weighted by atomic mass is 16.5. The Kier molecular flexibility index (Phi) is 7.30. The summed E-state index contributed by atoms with van der Waals surface area (Å²) in [6.07, 6.45) is 2.71. The summed E-state index contributed by atoms with van der Waals surface area (Å²) in [5, 5.41) is 11.9. The third kappa shape index (κ3) is 5.95. The van der Waals surface area contributed by atoms with E-state index in [1.165, 1.54) is 0 Å². The molecule has 0 unspecified atom stereocenters. The Balaban J connectivity index is 1.63. The van der Waals surface area contributed by atoms with E-state index >= 15 is 0 Å². The van der Waals surface area contributed by atoms with Gasteiger partial charge in [0.2, 0.25) is 5.91 Å². The number of ketones is 1. The van der Waals surface area contributed by atoms with Crippen molar-refractivity contribution in [3.8, 4) is 5.75 Å². The number of ether oxygens (including phenoxy) is 1. The second-order valence-corrected chi connectivity index (χ2v) is 8.62. The van der Waals surface area contributed by atoms with Crippen LogP contribution < -0.4 is 15.8 Å². The summed E-state index contributed by atoms with van der Waals surface area (Å²) in [5.41, 5.74) is 8.29. The molecule has 1 amide bonds. The lowest BCUT2D eigenvalue weighted by Crippen LogP contribution is -2.46. The molecule has 1 aliphatic carbocycles. The fourth-order valence-electron chi connectivity index (χ4n) is 4.20. The van der Waals surface area contributed by atoms with Crippen molar-refractivity contribution in [2.45, 2.75) is 64.0 Å². The van der Waals surface area contributed by atoms with E-state index in [2.05, 4.69) is 5.32 Å². The number of carbonyl (C=O) groups excluding carboxylic acids is 2. The largest absolute Gasteiger partial charge is 0.480 e. The Morgan fingerprint density at radius 2 is 1.66 bits per heavy atom. The van der Waals surface area contributed by atoms with Gasteiger partial charge in [-0.15, -0.1) is 0 Å². The van der Waals surface area contributed by atoms with Crippen molar-refractivity contribution in [3.05, 3.63) is 59.2 Å². The van der Waals surface area contributed by atoms with Gasteiger partial charge in [-0.25, -0.2) is 0 Å². The molecule has 7 nitrogen and oxygen atoms in total. The normalized spacial score (nSPS) is 15.7. The SMILES string of the molecule is Cc1cc(C)cc(NC(=O)Cc2ccc(OC3(C(=O)C[C@@H](N)C(=O)O)CCCC3)cc2)c1. The Morgan fingerprint density at radius 3 is 2.22 bits per heavy atom. The molecular weight excluding hydrogens is 408 g/mol. The summed E-state index contributed by atoms with van der Waals surface area (Å²) in [6.45, 7) is 3.97. The van der Waals surface area contributed by atoms with E-state index in [1.807, 2.05) is 32.0 Å². The van der Waals surface area contributed by atoms with Crippen molar-refractivity contribution >= 4 is 23.3 Å². The van der Waals surface area contributed by atoms with Gasteiger partial charge in [0.25, 0.3) is 0 Å². The Labute approximate surface area is 188 Å². The van der Waals surface area contributed by atoms with E-state index in [9.17, 15) is 14.4 Å². The Morgan fingerprint density at radius 1 is 1.06 bits per heavy atom. The first-order valence-corrected chi connectivity index (χ1v) is 10.8. The number of aryl methyl sites for hydroxylation is 2. The van der Waals surface area contributed by atoms with Gasteiger partial charge in [-0.1, -0.05) is 18.2 Å². The third-order valence-electron chi connectivity index (χ3n) is 5.75.